The molecule has 2 fully saturated rings. The quantitative estimate of drug-likeness (QED) is 0.437. The Morgan fingerprint density at radius 1 is 1.17 bits per heavy atom. The number of nitrogens with one attached hydrogen (secondary N) is 3. The molecule has 35 heavy (non-hydrogen) atoms. The molecule has 0 aliphatic carbocycles. The summed E-state index contributed by atoms with van der Waals surface area (Å²) in [6.45, 7) is 6.94. The zero-order valence-corrected chi connectivity index (χ0v) is 21.3. The van der Waals surface area contributed by atoms with Crippen molar-refractivity contribution in [1.29, 1.82) is 0 Å². The normalized spacial score (nSPS) is 21.0. The summed E-state index contributed by atoms with van der Waals surface area (Å²) in [6.07, 6.45) is 8.44. The largest absolute Gasteiger partial charge is 0.381 e. The first-order valence-electron chi connectivity index (χ1n) is 12.7. The molecule has 0 aromatic carbocycles. The number of carbonyl (C=O) groups excluding carboxylic acids is 1. The molecule has 190 valence electrons. The number of aromatic nitrogens is 2. The Morgan fingerprint density at radius 2 is 1.97 bits per heavy atom. The predicted molar refractivity (Wildman–Crippen MR) is 137 cm³/mol. The Morgan fingerprint density at radius 3 is 2.66 bits per heavy atom. The standard InChI is InChI=1S/C26H35ClFN5O2/c1-3-18-6-5-17(13-29-18)26(34)33-23-11-20(22(27)15-30-23)21-14-32-25(28)24(19(21)4-2)31-12-16-7-9-35-10-8-16/h11,14-18,29,31H,3-10,12-13H2,1-2H3,(H,30,33,34). The van der Waals surface area contributed by atoms with Crippen molar-refractivity contribution in [3.05, 3.63) is 35.0 Å². The summed E-state index contributed by atoms with van der Waals surface area (Å²) in [6, 6.07) is 2.23. The molecule has 3 N–H and O–H groups in total. The van der Waals surface area contributed by atoms with Gasteiger partial charge >= 0.3 is 0 Å². The monoisotopic (exact) mass is 503 g/mol. The van der Waals surface area contributed by atoms with Crippen LogP contribution in [0.5, 0.6) is 0 Å². The first-order chi connectivity index (χ1) is 17.0. The molecule has 2 aromatic rings. The minimum absolute atomic E-state index is 0.0559. The molecule has 4 rings (SSSR count). The van der Waals surface area contributed by atoms with Crippen molar-refractivity contribution in [2.75, 3.05) is 36.9 Å². The lowest BCUT2D eigenvalue weighted by Gasteiger charge is -2.28. The van der Waals surface area contributed by atoms with Gasteiger partial charge in [0.05, 0.1) is 16.6 Å². The Hall–Kier alpha value is -2.29. The van der Waals surface area contributed by atoms with E-state index in [4.69, 9.17) is 16.3 Å². The second-order valence-corrected chi connectivity index (χ2v) is 9.84. The molecule has 9 heteroatoms. The van der Waals surface area contributed by atoms with Crippen LogP contribution in [0.15, 0.2) is 18.5 Å². The van der Waals surface area contributed by atoms with Crippen molar-refractivity contribution in [2.24, 2.45) is 11.8 Å². The van der Waals surface area contributed by atoms with Crippen molar-refractivity contribution < 1.29 is 13.9 Å². The number of carbonyl (C=O) groups is 1. The van der Waals surface area contributed by atoms with E-state index in [1.54, 1.807) is 6.07 Å². The zero-order valence-electron chi connectivity index (χ0n) is 20.5. The van der Waals surface area contributed by atoms with Gasteiger partial charge in [-0.1, -0.05) is 25.4 Å². The van der Waals surface area contributed by atoms with Gasteiger partial charge in [-0.05, 0) is 56.1 Å². The highest BCUT2D eigenvalue weighted by Gasteiger charge is 2.26. The van der Waals surface area contributed by atoms with E-state index in [1.807, 2.05) is 6.92 Å². The van der Waals surface area contributed by atoms with E-state index >= 15 is 0 Å². The maximum Gasteiger partial charge on any atom is 0.236 e. The van der Waals surface area contributed by atoms with Gasteiger partial charge in [0, 0.05) is 55.9 Å². The number of rotatable bonds is 8. The summed E-state index contributed by atoms with van der Waals surface area (Å²) in [5.74, 6) is 0.185. The summed E-state index contributed by atoms with van der Waals surface area (Å²) in [5, 5.41) is 10.1. The number of amides is 1. The van der Waals surface area contributed by atoms with E-state index in [0.29, 0.717) is 53.6 Å². The van der Waals surface area contributed by atoms with Gasteiger partial charge in [0.15, 0.2) is 0 Å². The molecular formula is C26H35ClFN5O2. The molecule has 2 aromatic heterocycles. The lowest BCUT2D eigenvalue weighted by atomic mass is 9.93. The van der Waals surface area contributed by atoms with E-state index in [-0.39, 0.29) is 11.8 Å². The molecule has 1 amide bonds. The average molecular weight is 504 g/mol. The van der Waals surface area contributed by atoms with E-state index in [0.717, 1.165) is 56.4 Å². The number of ether oxygens (including phenoxy) is 1. The minimum Gasteiger partial charge on any atom is -0.381 e. The third-order valence-electron chi connectivity index (χ3n) is 7.18. The molecule has 0 radical (unpaired) electrons. The van der Waals surface area contributed by atoms with Crippen molar-refractivity contribution in [3.63, 3.8) is 0 Å². The highest BCUT2D eigenvalue weighted by atomic mass is 35.5. The Balaban J connectivity index is 1.54. The van der Waals surface area contributed by atoms with E-state index in [9.17, 15) is 9.18 Å². The number of anilines is 2. The van der Waals surface area contributed by atoms with Crippen LogP contribution in [-0.2, 0) is 16.0 Å². The molecule has 0 spiro atoms. The molecule has 2 aliphatic heterocycles. The number of pyridine rings is 2. The average Bonchev–Trinajstić information content (AvgIpc) is 2.89. The Kier molecular flexibility index (Phi) is 8.92. The third-order valence-corrected chi connectivity index (χ3v) is 7.48. The van der Waals surface area contributed by atoms with Crippen LogP contribution in [0.1, 0.15) is 51.5 Å². The highest BCUT2D eigenvalue weighted by molar-refractivity contribution is 6.33. The molecule has 0 bridgehead atoms. The number of nitrogens with zero attached hydrogens (tertiary/aromatic N) is 2. The highest BCUT2D eigenvalue weighted by Crippen LogP contribution is 2.36. The summed E-state index contributed by atoms with van der Waals surface area (Å²) in [7, 11) is 0. The first-order valence-corrected chi connectivity index (χ1v) is 13.1. The molecule has 4 heterocycles. The van der Waals surface area contributed by atoms with Crippen LogP contribution in [0, 0.1) is 17.8 Å². The Bertz CT molecular complexity index is 1020. The SMILES string of the molecule is CCc1c(-c2cc(NC(=O)C3CCC(CC)NC3)ncc2Cl)cnc(F)c1NCC1CCOCC1. The molecule has 7 nitrogen and oxygen atoms in total. The van der Waals surface area contributed by atoms with Gasteiger partial charge in [-0.2, -0.15) is 4.39 Å². The number of piperidine rings is 1. The number of hydrogen-bond acceptors (Lipinski definition) is 6. The van der Waals surface area contributed by atoms with Crippen LogP contribution in [0.2, 0.25) is 5.02 Å². The van der Waals surface area contributed by atoms with Crippen LogP contribution in [0.25, 0.3) is 11.1 Å². The number of hydrogen-bond donors (Lipinski definition) is 3. The second kappa shape index (κ2) is 12.1. The fraction of sp³-hybridized carbons (Fsp3) is 0.577. The summed E-state index contributed by atoms with van der Waals surface area (Å²) in [5.41, 5.74) is 2.62. The van der Waals surface area contributed by atoms with Crippen LogP contribution >= 0.6 is 11.6 Å². The molecule has 2 saturated heterocycles. The van der Waals surface area contributed by atoms with E-state index < -0.39 is 5.95 Å². The predicted octanol–water partition coefficient (Wildman–Crippen LogP) is 5.05. The lowest BCUT2D eigenvalue weighted by Crippen LogP contribution is -2.43. The van der Waals surface area contributed by atoms with Gasteiger partial charge in [-0.15, -0.1) is 0 Å². The van der Waals surface area contributed by atoms with Crippen molar-refractivity contribution in [2.45, 2.75) is 58.4 Å². The van der Waals surface area contributed by atoms with Crippen molar-refractivity contribution >= 4 is 29.0 Å². The molecule has 0 saturated carbocycles. The fourth-order valence-electron chi connectivity index (χ4n) is 4.93. The van der Waals surface area contributed by atoms with Gasteiger partial charge in [0.2, 0.25) is 11.9 Å². The van der Waals surface area contributed by atoms with E-state index in [1.165, 1.54) is 12.4 Å². The van der Waals surface area contributed by atoms with Crippen LogP contribution in [0.4, 0.5) is 15.9 Å². The van der Waals surface area contributed by atoms with Gasteiger partial charge in [0.25, 0.3) is 0 Å². The van der Waals surface area contributed by atoms with Crippen LogP contribution in [0.3, 0.4) is 0 Å². The second-order valence-electron chi connectivity index (χ2n) is 9.43. The first kappa shape index (κ1) is 25.8. The summed E-state index contributed by atoms with van der Waals surface area (Å²) < 4.78 is 20.2. The van der Waals surface area contributed by atoms with Gasteiger partial charge < -0.3 is 20.7 Å². The molecular weight excluding hydrogens is 469 g/mol. The lowest BCUT2D eigenvalue weighted by molar-refractivity contribution is -0.120. The Labute approximate surface area is 211 Å². The van der Waals surface area contributed by atoms with Gasteiger partial charge in [0.1, 0.15) is 5.82 Å². The summed E-state index contributed by atoms with van der Waals surface area (Å²) in [4.78, 5) is 21.2. The zero-order chi connectivity index (χ0) is 24.8. The smallest absolute Gasteiger partial charge is 0.236 e. The fourth-order valence-corrected chi connectivity index (χ4v) is 5.13. The van der Waals surface area contributed by atoms with Crippen LogP contribution in [-0.4, -0.2) is 48.2 Å². The van der Waals surface area contributed by atoms with Gasteiger partial charge in [-0.25, -0.2) is 9.97 Å². The van der Waals surface area contributed by atoms with E-state index in [2.05, 4.69) is 32.8 Å². The number of halogens is 2. The minimum atomic E-state index is -0.522. The third kappa shape index (κ3) is 6.29. The summed E-state index contributed by atoms with van der Waals surface area (Å²) >= 11 is 6.53. The maximum absolute atomic E-state index is 14.8. The van der Waals surface area contributed by atoms with Crippen molar-refractivity contribution in [3.8, 4) is 11.1 Å². The maximum atomic E-state index is 14.8. The molecule has 2 aliphatic rings. The van der Waals surface area contributed by atoms with Crippen molar-refractivity contribution in [1.82, 2.24) is 15.3 Å². The van der Waals surface area contributed by atoms with Gasteiger partial charge in [-0.3, -0.25) is 4.79 Å². The topological polar surface area (TPSA) is 88.2 Å². The molecule has 2 atom stereocenters. The van der Waals surface area contributed by atoms with Crippen LogP contribution < -0.4 is 16.0 Å². The molecule has 2 unspecified atom stereocenters.